The number of hydrogen-bond acceptors (Lipinski definition) is 4. The maximum absolute atomic E-state index is 12.2. The summed E-state index contributed by atoms with van der Waals surface area (Å²) in [5.74, 6) is -1.15. The highest BCUT2D eigenvalue weighted by atomic mass is 16.4. The Balaban J connectivity index is 1.82. The minimum Gasteiger partial charge on any atom is -0.481 e. The number of allylic oxidation sites excluding steroid dienone is 2. The Morgan fingerprint density at radius 3 is 2.65 bits per heavy atom. The van der Waals surface area contributed by atoms with Crippen molar-refractivity contribution in [1.82, 2.24) is 0 Å². The van der Waals surface area contributed by atoms with Gasteiger partial charge in [-0.25, -0.2) is 0 Å². The average Bonchev–Trinajstić information content (AvgIpc) is 2.81. The molecule has 2 fully saturated rings. The number of carbonyl (C=O) groups excluding carboxylic acids is 1. The fourth-order valence-electron chi connectivity index (χ4n) is 3.98. The molecule has 26 heavy (non-hydrogen) atoms. The van der Waals surface area contributed by atoms with Crippen LogP contribution in [0.3, 0.4) is 0 Å². The highest BCUT2D eigenvalue weighted by molar-refractivity contribution is 5.84. The monoisotopic (exact) mass is 364 g/mol. The summed E-state index contributed by atoms with van der Waals surface area (Å²) in [6, 6.07) is 0. The number of carbonyl (C=O) groups is 2. The van der Waals surface area contributed by atoms with E-state index >= 15 is 0 Å². The number of ketones is 1. The molecule has 0 radical (unpaired) electrons. The van der Waals surface area contributed by atoms with Crippen molar-refractivity contribution in [3.05, 3.63) is 24.3 Å². The maximum atomic E-state index is 12.2. The summed E-state index contributed by atoms with van der Waals surface area (Å²) < 4.78 is 0. The third-order valence-corrected chi connectivity index (χ3v) is 6.07. The van der Waals surface area contributed by atoms with Gasteiger partial charge in [-0.15, -0.1) is 0 Å². The van der Waals surface area contributed by atoms with E-state index in [0.29, 0.717) is 25.7 Å². The predicted octanol–water partition coefficient (Wildman–Crippen LogP) is 3.25. The molecule has 4 atom stereocenters. The average molecular weight is 364 g/mol. The van der Waals surface area contributed by atoms with E-state index in [2.05, 4.69) is 6.92 Å². The zero-order valence-electron chi connectivity index (χ0n) is 15.6. The predicted molar refractivity (Wildman–Crippen MR) is 99.6 cm³/mol. The molecule has 5 nitrogen and oxygen atoms in total. The molecule has 1 unspecified atom stereocenters. The van der Waals surface area contributed by atoms with Gasteiger partial charge in [0, 0.05) is 24.7 Å². The van der Waals surface area contributed by atoms with Crippen LogP contribution in [0.25, 0.3) is 0 Å². The number of carboxylic acids is 1. The molecule has 2 aliphatic carbocycles. The van der Waals surface area contributed by atoms with Gasteiger partial charge in [0.1, 0.15) is 5.78 Å². The second kappa shape index (κ2) is 9.47. The molecule has 0 aromatic heterocycles. The van der Waals surface area contributed by atoms with E-state index < -0.39 is 12.1 Å². The first-order valence-corrected chi connectivity index (χ1v) is 9.76. The van der Waals surface area contributed by atoms with Crippen LogP contribution in [0.4, 0.5) is 0 Å². The van der Waals surface area contributed by atoms with Crippen molar-refractivity contribution in [2.75, 3.05) is 0 Å². The van der Waals surface area contributed by atoms with Crippen LogP contribution in [0.1, 0.15) is 64.7 Å². The molecule has 5 heteroatoms. The third kappa shape index (κ3) is 5.52. The summed E-state index contributed by atoms with van der Waals surface area (Å²) in [7, 11) is 0. The second-order valence-corrected chi connectivity index (χ2v) is 8.10. The van der Waals surface area contributed by atoms with Gasteiger partial charge < -0.3 is 15.3 Å². The molecule has 2 rings (SSSR count). The highest BCUT2D eigenvalue weighted by Gasteiger charge is 2.40. The third-order valence-electron chi connectivity index (χ3n) is 6.07. The standard InChI is InChI=1S/C21H32O5/c1-21(12-7-13-21)19(24)10-6-9-16-15(17(22)14-18(16)23)8-4-2-3-5-11-20(25)26/h2,4,6,9,15-16,18-19,23-24H,3,5,7-8,10-14H2,1H3,(H,25,26)/b4-2-,9-6+/t15-,16-,18-,19?/m1/s1. The number of rotatable bonds is 10. The number of Topliss-reactive ketones (excluding diaryl/α,β-unsaturated/α-hetero) is 1. The van der Waals surface area contributed by atoms with E-state index in [0.717, 1.165) is 12.8 Å². The van der Waals surface area contributed by atoms with Crippen molar-refractivity contribution in [1.29, 1.82) is 0 Å². The molecule has 0 heterocycles. The molecule has 0 aromatic carbocycles. The van der Waals surface area contributed by atoms with Crippen molar-refractivity contribution >= 4 is 11.8 Å². The van der Waals surface area contributed by atoms with Gasteiger partial charge in [-0.2, -0.15) is 0 Å². The van der Waals surface area contributed by atoms with Crippen molar-refractivity contribution in [3.8, 4) is 0 Å². The molecule has 0 amide bonds. The summed E-state index contributed by atoms with van der Waals surface area (Å²) >= 11 is 0. The molecule has 0 aromatic rings. The van der Waals surface area contributed by atoms with Gasteiger partial charge in [0.25, 0.3) is 0 Å². The number of unbranched alkanes of at least 4 members (excludes halogenated alkanes) is 1. The Hall–Kier alpha value is -1.46. The lowest BCUT2D eigenvalue weighted by Crippen LogP contribution is -2.38. The van der Waals surface area contributed by atoms with E-state index in [4.69, 9.17) is 5.11 Å². The first-order chi connectivity index (χ1) is 12.3. The normalized spacial score (nSPS) is 29.3. The van der Waals surface area contributed by atoms with E-state index in [1.807, 2.05) is 24.3 Å². The fourth-order valence-corrected chi connectivity index (χ4v) is 3.98. The molecule has 0 bridgehead atoms. The molecule has 0 aliphatic heterocycles. The van der Waals surface area contributed by atoms with Gasteiger partial charge in [0.15, 0.2) is 0 Å². The van der Waals surface area contributed by atoms with Crippen LogP contribution < -0.4 is 0 Å². The largest absolute Gasteiger partial charge is 0.481 e. The maximum Gasteiger partial charge on any atom is 0.303 e. The van der Waals surface area contributed by atoms with Gasteiger partial charge >= 0.3 is 5.97 Å². The Bertz CT molecular complexity index is 547. The molecule has 0 spiro atoms. The Morgan fingerprint density at radius 1 is 1.31 bits per heavy atom. The van der Waals surface area contributed by atoms with Gasteiger partial charge in [-0.05, 0) is 43.9 Å². The second-order valence-electron chi connectivity index (χ2n) is 8.10. The Kier molecular flexibility index (Phi) is 7.59. The van der Waals surface area contributed by atoms with E-state index in [9.17, 15) is 19.8 Å². The van der Waals surface area contributed by atoms with E-state index in [-0.39, 0.29) is 42.0 Å². The molecule has 3 N–H and O–H groups in total. The minimum atomic E-state index is -0.796. The van der Waals surface area contributed by atoms with Crippen LogP contribution in [-0.2, 0) is 9.59 Å². The van der Waals surface area contributed by atoms with Crippen LogP contribution in [0.5, 0.6) is 0 Å². The smallest absolute Gasteiger partial charge is 0.303 e. The zero-order valence-corrected chi connectivity index (χ0v) is 15.6. The Labute approximate surface area is 155 Å². The van der Waals surface area contributed by atoms with Crippen molar-refractivity contribution in [2.45, 2.75) is 76.9 Å². The molecule has 2 aliphatic rings. The van der Waals surface area contributed by atoms with Gasteiger partial charge in [0.2, 0.25) is 0 Å². The van der Waals surface area contributed by atoms with Crippen LogP contribution in [0.15, 0.2) is 24.3 Å². The summed E-state index contributed by atoms with van der Waals surface area (Å²) in [6.45, 7) is 2.11. The van der Waals surface area contributed by atoms with Crippen LogP contribution >= 0.6 is 0 Å². The molecule has 2 saturated carbocycles. The lowest BCUT2D eigenvalue weighted by molar-refractivity contribution is -0.137. The summed E-state index contributed by atoms with van der Waals surface area (Å²) in [4.78, 5) is 22.6. The summed E-state index contributed by atoms with van der Waals surface area (Å²) in [6.07, 6.45) is 12.7. The molecule has 146 valence electrons. The first kappa shape index (κ1) is 20.8. The minimum absolute atomic E-state index is 0.0204. The fraction of sp³-hybridized carbons (Fsp3) is 0.714. The highest BCUT2D eigenvalue weighted by Crippen LogP contribution is 2.44. The van der Waals surface area contributed by atoms with Gasteiger partial charge in [-0.1, -0.05) is 37.6 Å². The van der Waals surface area contributed by atoms with Crippen molar-refractivity contribution < 1.29 is 24.9 Å². The van der Waals surface area contributed by atoms with E-state index in [1.54, 1.807) is 0 Å². The van der Waals surface area contributed by atoms with Gasteiger partial charge in [0.05, 0.1) is 12.2 Å². The molecule has 0 saturated heterocycles. The van der Waals surface area contributed by atoms with Gasteiger partial charge in [-0.3, -0.25) is 9.59 Å². The molecular weight excluding hydrogens is 332 g/mol. The number of aliphatic hydroxyl groups excluding tert-OH is 2. The van der Waals surface area contributed by atoms with Crippen LogP contribution in [0, 0.1) is 17.3 Å². The summed E-state index contributed by atoms with van der Waals surface area (Å²) in [5.41, 5.74) is 0.0204. The van der Waals surface area contributed by atoms with E-state index in [1.165, 1.54) is 6.42 Å². The van der Waals surface area contributed by atoms with Crippen molar-refractivity contribution in [3.63, 3.8) is 0 Å². The number of aliphatic hydroxyl groups is 2. The lowest BCUT2D eigenvalue weighted by atomic mass is 9.66. The Morgan fingerprint density at radius 2 is 2.04 bits per heavy atom. The number of hydrogen-bond donors (Lipinski definition) is 3. The van der Waals surface area contributed by atoms with Crippen molar-refractivity contribution in [2.24, 2.45) is 17.3 Å². The SMILES string of the molecule is CC1(C(O)C/C=C/[C@H]2[C@H](O)CC(=O)[C@@H]2C/C=C\CCCC(=O)O)CCC1. The number of aliphatic carboxylic acids is 1. The lowest BCUT2D eigenvalue weighted by Gasteiger charge is -2.42. The van der Waals surface area contributed by atoms with Crippen LogP contribution in [0.2, 0.25) is 0 Å². The summed E-state index contributed by atoms with van der Waals surface area (Å²) in [5, 5.41) is 29.1. The number of carboxylic acid groups (broad SMARTS) is 1. The molecular formula is C21H32O5. The zero-order chi connectivity index (χ0) is 19.2. The van der Waals surface area contributed by atoms with Crippen LogP contribution in [-0.4, -0.2) is 39.3 Å². The topological polar surface area (TPSA) is 94.8 Å². The first-order valence-electron chi connectivity index (χ1n) is 9.76. The quantitative estimate of drug-likeness (QED) is 0.408.